The average molecular weight is 503 g/mol. The Balaban J connectivity index is 1.60. The van der Waals surface area contributed by atoms with Crippen LogP contribution in [-0.2, 0) is 9.47 Å². The maximum absolute atomic E-state index is 14.1. The van der Waals surface area contributed by atoms with Gasteiger partial charge in [0, 0.05) is 32.7 Å². The lowest BCUT2D eigenvalue weighted by molar-refractivity contribution is 0.0277. The van der Waals surface area contributed by atoms with Gasteiger partial charge in [0.25, 0.3) is 6.43 Å². The number of nitrogens with zero attached hydrogens (tertiary/aromatic N) is 8. The fourth-order valence-corrected chi connectivity index (χ4v) is 4.55. The zero-order valence-electron chi connectivity index (χ0n) is 20.3. The van der Waals surface area contributed by atoms with Crippen molar-refractivity contribution < 1.29 is 23.0 Å². The van der Waals surface area contributed by atoms with Gasteiger partial charge in [-0.1, -0.05) is 12.1 Å². The number of benzene rings is 1. The number of morpholine rings is 1. The normalized spacial score (nSPS) is 20.9. The minimum absolute atomic E-state index is 0.0351. The van der Waals surface area contributed by atoms with E-state index in [0.717, 1.165) is 0 Å². The summed E-state index contributed by atoms with van der Waals surface area (Å²) >= 11 is 0. The van der Waals surface area contributed by atoms with Crippen LogP contribution in [0.5, 0.6) is 0 Å². The van der Waals surface area contributed by atoms with Crippen LogP contribution in [0.3, 0.4) is 0 Å². The van der Waals surface area contributed by atoms with E-state index >= 15 is 0 Å². The number of alkyl halides is 2. The van der Waals surface area contributed by atoms with Crippen LogP contribution in [0.15, 0.2) is 24.3 Å². The molecule has 36 heavy (non-hydrogen) atoms. The first-order valence-electron chi connectivity index (χ1n) is 11.9. The summed E-state index contributed by atoms with van der Waals surface area (Å²) in [7, 11) is 1.35. The molecule has 192 valence electrons. The molecule has 0 spiro atoms. The van der Waals surface area contributed by atoms with E-state index < -0.39 is 18.3 Å². The number of amides is 1. The number of imidazole rings is 1. The number of hydrogen-bond donors (Lipinski definition) is 0. The van der Waals surface area contributed by atoms with Crippen molar-refractivity contribution in [1.82, 2.24) is 29.4 Å². The Morgan fingerprint density at radius 1 is 1.00 bits per heavy atom. The molecule has 3 aromatic rings. The second-order valence-corrected chi connectivity index (χ2v) is 8.78. The lowest BCUT2D eigenvalue weighted by Gasteiger charge is -2.38. The molecule has 2 aliphatic rings. The zero-order chi connectivity index (χ0) is 25.4. The molecule has 11 nitrogen and oxygen atoms in total. The van der Waals surface area contributed by atoms with Gasteiger partial charge in [-0.3, -0.25) is 4.57 Å². The molecule has 1 aromatic carbocycles. The maximum atomic E-state index is 14.1. The minimum atomic E-state index is -2.83. The van der Waals surface area contributed by atoms with Crippen molar-refractivity contribution in [2.45, 2.75) is 32.4 Å². The molecule has 4 heterocycles. The number of methoxy groups -OCH3 is 1. The number of carbonyl (C=O) groups excluding carboxylic acids is 1. The quantitative estimate of drug-likeness (QED) is 0.533. The molecule has 13 heteroatoms. The van der Waals surface area contributed by atoms with Crippen LogP contribution in [-0.4, -0.2) is 94.1 Å². The topological polar surface area (TPSA) is 102 Å². The molecule has 0 N–H and O–H groups in total. The van der Waals surface area contributed by atoms with Crippen molar-refractivity contribution in [3.05, 3.63) is 30.1 Å². The fraction of sp³-hybridized carbons (Fsp3) is 0.522. The van der Waals surface area contributed by atoms with Crippen molar-refractivity contribution in [3.8, 4) is 5.95 Å². The van der Waals surface area contributed by atoms with Crippen molar-refractivity contribution in [2.75, 3.05) is 56.2 Å². The third-order valence-electron chi connectivity index (χ3n) is 6.72. The van der Waals surface area contributed by atoms with E-state index in [1.807, 2.05) is 23.6 Å². The summed E-state index contributed by atoms with van der Waals surface area (Å²) in [4.78, 5) is 35.6. The van der Waals surface area contributed by atoms with Gasteiger partial charge in [0.15, 0.2) is 5.82 Å². The summed E-state index contributed by atoms with van der Waals surface area (Å²) in [5, 5.41) is 0. The van der Waals surface area contributed by atoms with Crippen LogP contribution in [0.4, 0.5) is 25.5 Å². The second kappa shape index (κ2) is 9.80. The largest absolute Gasteiger partial charge is 0.453 e. The summed E-state index contributed by atoms with van der Waals surface area (Å²) < 4.78 is 40.1. The number of rotatable bonds is 4. The van der Waals surface area contributed by atoms with Gasteiger partial charge in [-0.25, -0.2) is 18.6 Å². The first kappa shape index (κ1) is 24.1. The lowest BCUT2D eigenvalue weighted by atomic mass is 10.1. The zero-order valence-corrected chi connectivity index (χ0v) is 20.3. The standard InChI is InChI=1S/C23H28F2N8O3/c1-14-15(2)36-13-12-32(14)21-27-20(30-8-10-31(11-9-30)23(34)35-3)28-22(29-21)33-17-7-5-4-6-16(17)26-19(33)18(24)25/h4-7,14-15,18H,8-13H2,1-3H3. The number of para-hydroxylation sites is 2. The Bertz CT molecular complexity index is 1250. The first-order chi connectivity index (χ1) is 17.4. The van der Waals surface area contributed by atoms with Crippen molar-refractivity contribution in [1.29, 1.82) is 0 Å². The van der Waals surface area contributed by atoms with Gasteiger partial charge < -0.3 is 24.2 Å². The first-order valence-corrected chi connectivity index (χ1v) is 11.9. The monoisotopic (exact) mass is 502 g/mol. The Kier molecular flexibility index (Phi) is 6.56. The van der Waals surface area contributed by atoms with Gasteiger partial charge >= 0.3 is 6.09 Å². The molecule has 0 aliphatic carbocycles. The van der Waals surface area contributed by atoms with Gasteiger partial charge in [0.1, 0.15) is 0 Å². The summed E-state index contributed by atoms with van der Waals surface area (Å²) in [5.74, 6) is 0.369. The third kappa shape index (κ3) is 4.38. The van der Waals surface area contributed by atoms with E-state index in [9.17, 15) is 13.6 Å². The van der Waals surface area contributed by atoms with E-state index in [2.05, 4.69) is 15.0 Å². The highest BCUT2D eigenvalue weighted by Crippen LogP contribution is 2.29. The third-order valence-corrected chi connectivity index (χ3v) is 6.72. The smallest absolute Gasteiger partial charge is 0.409 e. The molecule has 5 rings (SSSR count). The van der Waals surface area contributed by atoms with Crippen LogP contribution in [0.25, 0.3) is 17.0 Å². The highest BCUT2D eigenvalue weighted by Gasteiger charge is 2.31. The number of halogens is 2. The Morgan fingerprint density at radius 3 is 2.42 bits per heavy atom. The molecule has 2 unspecified atom stereocenters. The van der Waals surface area contributed by atoms with Crippen LogP contribution >= 0.6 is 0 Å². The van der Waals surface area contributed by atoms with Gasteiger partial charge in [-0.2, -0.15) is 15.0 Å². The molecule has 0 saturated carbocycles. The van der Waals surface area contributed by atoms with E-state index in [1.165, 1.54) is 11.7 Å². The molecule has 2 aromatic heterocycles. The van der Waals surface area contributed by atoms with Crippen LogP contribution < -0.4 is 9.80 Å². The lowest BCUT2D eigenvalue weighted by Crippen LogP contribution is -2.50. The van der Waals surface area contributed by atoms with E-state index in [4.69, 9.17) is 14.5 Å². The summed E-state index contributed by atoms with van der Waals surface area (Å²) in [6.45, 7) is 6.80. The minimum Gasteiger partial charge on any atom is -0.453 e. The number of hydrogen-bond acceptors (Lipinski definition) is 9. The highest BCUT2D eigenvalue weighted by atomic mass is 19.3. The van der Waals surface area contributed by atoms with Gasteiger partial charge in [-0.15, -0.1) is 0 Å². The number of aromatic nitrogens is 5. The van der Waals surface area contributed by atoms with E-state index in [1.54, 1.807) is 29.2 Å². The van der Waals surface area contributed by atoms with E-state index in [-0.39, 0.29) is 18.1 Å². The molecular weight excluding hydrogens is 474 g/mol. The molecule has 2 aliphatic heterocycles. The van der Waals surface area contributed by atoms with Crippen molar-refractivity contribution >= 4 is 29.0 Å². The number of piperazine rings is 1. The molecule has 2 atom stereocenters. The summed E-state index contributed by atoms with van der Waals surface area (Å²) in [6, 6.07) is 6.87. The van der Waals surface area contributed by atoms with Crippen LogP contribution in [0.1, 0.15) is 26.1 Å². The number of anilines is 2. The van der Waals surface area contributed by atoms with Gasteiger partial charge in [0.2, 0.25) is 17.8 Å². The van der Waals surface area contributed by atoms with E-state index in [0.29, 0.717) is 62.3 Å². The Hall–Kier alpha value is -3.61. The predicted molar refractivity (Wildman–Crippen MR) is 128 cm³/mol. The number of fused-ring (bicyclic) bond motifs is 1. The molecule has 1 amide bonds. The predicted octanol–water partition coefficient (Wildman–Crippen LogP) is 2.65. The number of carbonyl (C=O) groups is 1. The molecule has 2 saturated heterocycles. The number of ether oxygens (including phenoxy) is 2. The fourth-order valence-electron chi connectivity index (χ4n) is 4.55. The Labute approximate surface area is 206 Å². The summed E-state index contributed by atoms with van der Waals surface area (Å²) in [6.07, 6.45) is -3.28. The molecule has 2 fully saturated rings. The molecule has 0 radical (unpaired) electrons. The average Bonchev–Trinajstić information content (AvgIpc) is 3.30. The van der Waals surface area contributed by atoms with Crippen molar-refractivity contribution in [2.24, 2.45) is 0 Å². The van der Waals surface area contributed by atoms with Crippen LogP contribution in [0.2, 0.25) is 0 Å². The second-order valence-electron chi connectivity index (χ2n) is 8.78. The molecular formula is C23H28F2N8O3. The van der Waals surface area contributed by atoms with Crippen LogP contribution in [0, 0.1) is 0 Å². The Morgan fingerprint density at radius 2 is 1.69 bits per heavy atom. The summed E-state index contributed by atoms with van der Waals surface area (Å²) in [5.41, 5.74) is 0.908. The molecule has 0 bridgehead atoms. The SMILES string of the molecule is COC(=O)N1CCN(c2nc(N3CCOC(C)C3C)nc(-n3c(C(F)F)nc4ccccc43)n2)CC1. The van der Waals surface area contributed by atoms with Gasteiger partial charge in [-0.05, 0) is 26.0 Å². The maximum Gasteiger partial charge on any atom is 0.409 e. The van der Waals surface area contributed by atoms with Gasteiger partial charge in [0.05, 0.1) is 36.9 Å². The highest BCUT2D eigenvalue weighted by molar-refractivity contribution is 5.77. The van der Waals surface area contributed by atoms with Crippen molar-refractivity contribution in [3.63, 3.8) is 0 Å².